The van der Waals surface area contributed by atoms with Gasteiger partial charge in [-0.2, -0.15) is 0 Å². The molecule has 0 fully saturated rings. The second-order valence-electron chi connectivity index (χ2n) is 5.40. The van der Waals surface area contributed by atoms with Crippen LogP contribution in [0, 0.1) is 6.92 Å². The van der Waals surface area contributed by atoms with Crippen molar-refractivity contribution in [3.8, 4) is 11.4 Å². The van der Waals surface area contributed by atoms with Crippen molar-refractivity contribution in [2.24, 2.45) is 0 Å². The Balaban J connectivity index is 1.90. The van der Waals surface area contributed by atoms with Gasteiger partial charge in [0.05, 0.1) is 0 Å². The molecule has 3 aromatic rings. The molecule has 0 atom stereocenters. The van der Waals surface area contributed by atoms with Crippen LogP contribution < -0.4 is 0 Å². The lowest BCUT2D eigenvalue weighted by atomic mass is 10.1. The van der Waals surface area contributed by atoms with Gasteiger partial charge in [0.25, 0.3) is 0 Å². The summed E-state index contributed by atoms with van der Waals surface area (Å²) in [7, 11) is 0. The highest BCUT2D eigenvalue weighted by Gasteiger charge is 2.15. The van der Waals surface area contributed by atoms with E-state index in [0.717, 1.165) is 32.9 Å². The molecule has 0 N–H and O–H groups in total. The van der Waals surface area contributed by atoms with Gasteiger partial charge in [-0.15, -0.1) is 16.8 Å². The van der Waals surface area contributed by atoms with E-state index in [1.54, 1.807) is 11.8 Å². The molecule has 2 aromatic carbocycles. The van der Waals surface area contributed by atoms with Crippen LogP contribution in [0.2, 0.25) is 5.02 Å². The average Bonchev–Trinajstić information content (AvgIpc) is 2.98. The van der Waals surface area contributed by atoms with Crippen molar-refractivity contribution < 1.29 is 0 Å². The zero-order valence-corrected chi connectivity index (χ0v) is 15.0. The van der Waals surface area contributed by atoms with Gasteiger partial charge in [-0.05, 0) is 24.1 Å². The first-order valence-electron chi connectivity index (χ1n) is 7.67. The predicted molar refractivity (Wildman–Crippen MR) is 101 cm³/mol. The Labute approximate surface area is 151 Å². The van der Waals surface area contributed by atoms with E-state index in [0.29, 0.717) is 6.54 Å². The van der Waals surface area contributed by atoms with Crippen molar-refractivity contribution in [1.29, 1.82) is 0 Å². The highest BCUT2D eigenvalue weighted by atomic mass is 35.5. The van der Waals surface area contributed by atoms with Gasteiger partial charge in [0, 0.05) is 22.9 Å². The molecule has 1 aromatic heterocycles. The summed E-state index contributed by atoms with van der Waals surface area (Å²) in [4.78, 5) is 0. The second kappa shape index (κ2) is 7.69. The summed E-state index contributed by atoms with van der Waals surface area (Å²) in [6.07, 6.45) is 1.87. The molecule has 122 valence electrons. The van der Waals surface area contributed by atoms with Gasteiger partial charge in [-0.1, -0.05) is 71.9 Å². The Morgan fingerprint density at radius 2 is 1.88 bits per heavy atom. The number of hydrogen-bond donors (Lipinski definition) is 0. The zero-order valence-electron chi connectivity index (χ0n) is 13.4. The zero-order chi connectivity index (χ0) is 16.9. The van der Waals surface area contributed by atoms with E-state index in [1.807, 2.05) is 42.5 Å². The van der Waals surface area contributed by atoms with Gasteiger partial charge in [0.2, 0.25) is 0 Å². The molecule has 3 rings (SSSR count). The largest absolute Gasteiger partial charge is 0.298 e. The van der Waals surface area contributed by atoms with Crippen molar-refractivity contribution in [1.82, 2.24) is 14.8 Å². The number of hydrogen-bond acceptors (Lipinski definition) is 3. The first-order valence-corrected chi connectivity index (χ1v) is 9.03. The smallest absolute Gasteiger partial charge is 0.192 e. The Hall–Kier alpha value is -2.04. The third-order valence-electron chi connectivity index (χ3n) is 3.73. The second-order valence-corrected chi connectivity index (χ2v) is 6.75. The SMILES string of the molecule is C=CCn1c(SCc2ccccc2Cl)nnc1-c1ccccc1C. The van der Waals surface area contributed by atoms with E-state index >= 15 is 0 Å². The minimum absolute atomic E-state index is 0.668. The van der Waals surface area contributed by atoms with Crippen molar-refractivity contribution in [3.05, 3.63) is 77.3 Å². The molecule has 0 saturated heterocycles. The maximum Gasteiger partial charge on any atom is 0.192 e. The minimum Gasteiger partial charge on any atom is -0.298 e. The third-order valence-corrected chi connectivity index (χ3v) is 5.11. The quantitative estimate of drug-likeness (QED) is 0.439. The molecule has 0 amide bonds. The topological polar surface area (TPSA) is 30.7 Å². The van der Waals surface area contributed by atoms with Crippen LogP contribution >= 0.6 is 23.4 Å². The monoisotopic (exact) mass is 355 g/mol. The van der Waals surface area contributed by atoms with E-state index in [-0.39, 0.29) is 0 Å². The van der Waals surface area contributed by atoms with Gasteiger partial charge in [-0.3, -0.25) is 4.57 Å². The van der Waals surface area contributed by atoms with Crippen LogP contribution in [0.4, 0.5) is 0 Å². The van der Waals surface area contributed by atoms with Crippen molar-refractivity contribution >= 4 is 23.4 Å². The summed E-state index contributed by atoms with van der Waals surface area (Å²) in [5, 5.41) is 10.4. The van der Waals surface area contributed by atoms with E-state index in [2.05, 4.69) is 40.4 Å². The molecule has 0 aliphatic rings. The number of halogens is 1. The summed E-state index contributed by atoms with van der Waals surface area (Å²) >= 11 is 7.87. The number of nitrogens with zero attached hydrogens (tertiary/aromatic N) is 3. The van der Waals surface area contributed by atoms with Gasteiger partial charge in [0.15, 0.2) is 11.0 Å². The Morgan fingerprint density at radius 1 is 1.12 bits per heavy atom. The lowest BCUT2D eigenvalue weighted by Gasteiger charge is -2.09. The molecule has 3 nitrogen and oxygen atoms in total. The highest BCUT2D eigenvalue weighted by Crippen LogP contribution is 2.29. The first kappa shape index (κ1) is 16.8. The number of rotatable bonds is 6. The highest BCUT2D eigenvalue weighted by molar-refractivity contribution is 7.98. The maximum atomic E-state index is 6.24. The molecule has 0 bridgehead atoms. The molecule has 1 heterocycles. The molecular formula is C19H18ClN3S. The fourth-order valence-electron chi connectivity index (χ4n) is 2.47. The molecular weight excluding hydrogens is 338 g/mol. The molecule has 0 spiro atoms. The van der Waals surface area contributed by atoms with Crippen LogP contribution in [0.25, 0.3) is 11.4 Å². The summed E-state index contributed by atoms with van der Waals surface area (Å²) in [5.41, 5.74) is 3.36. The first-order chi connectivity index (χ1) is 11.7. The number of aryl methyl sites for hydroxylation is 1. The molecule has 0 aliphatic carbocycles. The van der Waals surface area contributed by atoms with Crippen LogP contribution in [-0.2, 0) is 12.3 Å². The number of thioether (sulfide) groups is 1. The number of aromatic nitrogens is 3. The Kier molecular flexibility index (Phi) is 5.38. The van der Waals surface area contributed by atoms with Gasteiger partial charge < -0.3 is 0 Å². The Morgan fingerprint density at radius 3 is 2.62 bits per heavy atom. The van der Waals surface area contributed by atoms with Crippen molar-refractivity contribution in [2.75, 3.05) is 0 Å². The number of allylic oxidation sites excluding steroid dienone is 1. The van der Waals surface area contributed by atoms with E-state index in [9.17, 15) is 0 Å². The third kappa shape index (κ3) is 3.55. The van der Waals surface area contributed by atoms with Gasteiger partial charge in [0.1, 0.15) is 0 Å². The summed E-state index contributed by atoms with van der Waals surface area (Å²) in [6, 6.07) is 16.1. The molecule has 0 saturated carbocycles. The van der Waals surface area contributed by atoms with Gasteiger partial charge >= 0.3 is 0 Å². The van der Waals surface area contributed by atoms with Crippen molar-refractivity contribution in [2.45, 2.75) is 24.4 Å². The van der Waals surface area contributed by atoms with Crippen molar-refractivity contribution in [3.63, 3.8) is 0 Å². The lowest BCUT2D eigenvalue weighted by Crippen LogP contribution is -2.01. The minimum atomic E-state index is 0.668. The summed E-state index contributed by atoms with van der Waals surface area (Å²) in [6.45, 7) is 6.61. The van der Waals surface area contributed by atoms with Crippen LogP contribution in [0.3, 0.4) is 0 Å². The summed E-state index contributed by atoms with van der Waals surface area (Å²) < 4.78 is 2.09. The molecule has 0 unspecified atom stereocenters. The molecule has 5 heteroatoms. The molecule has 0 radical (unpaired) electrons. The molecule has 0 aliphatic heterocycles. The van der Waals surface area contributed by atoms with Crippen LogP contribution in [0.15, 0.2) is 66.3 Å². The van der Waals surface area contributed by atoms with Gasteiger partial charge in [-0.25, -0.2) is 0 Å². The fraction of sp³-hybridized carbons (Fsp3) is 0.158. The van der Waals surface area contributed by atoms with Crippen LogP contribution in [0.1, 0.15) is 11.1 Å². The fourth-order valence-corrected chi connectivity index (χ4v) is 3.70. The average molecular weight is 356 g/mol. The van der Waals surface area contributed by atoms with E-state index < -0.39 is 0 Å². The number of benzene rings is 2. The normalized spacial score (nSPS) is 10.8. The Bertz CT molecular complexity index is 857. The lowest BCUT2D eigenvalue weighted by molar-refractivity contribution is 0.731. The van der Waals surface area contributed by atoms with Crippen LogP contribution in [-0.4, -0.2) is 14.8 Å². The summed E-state index contributed by atoms with van der Waals surface area (Å²) in [5.74, 6) is 1.62. The molecule has 24 heavy (non-hydrogen) atoms. The van der Waals surface area contributed by atoms with E-state index in [4.69, 9.17) is 11.6 Å². The predicted octanol–water partition coefficient (Wildman–Crippen LogP) is 5.39. The van der Waals surface area contributed by atoms with Crippen LogP contribution in [0.5, 0.6) is 0 Å². The standard InChI is InChI=1S/C19H18ClN3S/c1-3-12-23-18(16-10-6-4-8-14(16)2)21-22-19(23)24-13-15-9-5-7-11-17(15)20/h3-11H,1,12-13H2,2H3. The maximum absolute atomic E-state index is 6.24. The van der Waals surface area contributed by atoms with E-state index in [1.165, 1.54) is 5.56 Å².